The van der Waals surface area contributed by atoms with Gasteiger partial charge in [-0.2, -0.15) is 0 Å². The van der Waals surface area contributed by atoms with Crippen LogP contribution in [0.15, 0.2) is 24.3 Å². The Morgan fingerprint density at radius 2 is 1.94 bits per heavy atom. The van der Waals surface area contributed by atoms with Gasteiger partial charge in [-0.15, -0.1) is 0 Å². The molecule has 17 heavy (non-hydrogen) atoms. The van der Waals surface area contributed by atoms with Crippen LogP contribution < -0.4 is 11.1 Å². The Hall–Kier alpha value is -1.55. The maximum absolute atomic E-state index is 12.2. The van der Waals surface area contributed by atoms with E-state index >= 15 is 0 Å². The summed E-state index contributed by atoms with van der Waals surface area (Å²) in [5.41, 5.74) is 7.17. The predicted molar refractivity (Wildman–Crippen MR) is 64.5 cm³/mol. The van der Waals surface area contributed by atoms with Crippen molar-refractivity contribution in [2.75, 3.05) is 18.9 Å². The first-order valence-electron chi connectivity index (χ1n) is 5.95. The molecule has 0 atom stereocenters. The maximum Gasteiger partial charge on any atom is 0.231 e. The molecule has 3 rings (SSSR count). The topological polar surface area (TPSA) is 64.4 Å². The minimum absolute atomic E-state index is 0.135. The molecule has 1 aromatic carbocycles. The van der Waals surface area contributed by atoms with Gasteiger partial charge >= 0.3 is 0 Å². The van der Waals surface area contributed by atoms with Gasteiger partial charge in [-0.25, -0.2) is 0 Å². The Morgan fingerprint density at radius 1 is 1.29 bits per heavy atom. The normalized spacial score (nSPS) is 21.6. The largest absolute Gasteiger partial charge is 0.399 e. The third-order valence-electron chi connectivity index (χ3n) is 3.62. The van der Waals surface area contributed by atoms with Gasteiger partial charge < -0.3 is 15.8 Å². The number of ether oxygens (including phenoxy) is 1. The smallest absolute Gasteiger partial charge is 0.231 e. The molecule has 1 aliphatic carbocycles. The Bertz CT molecular complexity index is 433. The molecule has 4 nitrogen and oxygen atoms in total. The lowest BCUT2D eigenvalue weighted by Crippen LogP contribution is -2.51. The average molecular weight is 232 g/mol. The Labute approximate surface area is 100 Å². The van der Waals surface area contributed by atoms with Gasteiger partial charge in [0.2, 0.25) is 5.91 Å². The fourth-order valence-corrected chi connectivity index (χ4v) is 2.22. The second-order valence-corrected chi connectivity index (χ2v) is 4.91. The summed E-state index contributed by atoms with van der Waals surface area (Å²) in [6.45, 7) is 1.28. The average Bonchev–Trinajstić information content (AvgIpc) is 3.05. The first-order chi connectivity index (χ1) is 8.21. The van der Waals surface area contributed by atoms with Crippen LogP contribution in [0.2, 0.25) is 0 Å². The number of benzene rings is 1. The summed E-state index contributed by atoms with van der Waals surface area (Å²) in [4.78, 5) is 12.2. The van der Waals surface area contributed by atoms with E-state index in [1.54, 1.807) is 0 Å². The van der Waals surface area contributed by atoms with Crippen molar-refractivity contribution in [1.29, 1.82) is 0 Å². The van der Waals surface area contributed by atoms with Crippen molar-refractivity contribution in [2.24, 2.45) is 0 Å². The molecule has 2 aliphatic rings. The Kier molecular flexibility index (Phi) is 2.33. The lowest BCUT2D eigenvalue weighted by atomic mass is 9.94. The number of carbonyl (C=O) groups is 1. The van der Waals surface area contributed by atoms with Gasteiger partial charge in [0.05, 0.1) is 24.7 Å². The van der Waals surface area contributed by atoms with Gasteiger partial charge in [0, 0.05) is 5.69 Å². The van der Waals surface area contributed by atoms with Gasteiger partial charge in [0.1, 0.15) is 0 Å². The van der Waals surface area contributed by atoms with Gasteiger partial charge in [0.25, 0.3) is 0 Å². The highest BCUT2D eigenvalue weighted by Crippen LogP contribution is 2.48. The lowest BCUT2D eigenvalue weighted by Gasteiger charge is -2.29. The third-order valence-corrected chi connectivity index (χ3v) is 3.62. The number of nitrogens with two attached hydrogens (primary N) is 1. The van der Waals surface area contributed by atoms with Crippen LogP contribution in [0.1, 0.15) is 18.4 Å². The number of nitrogen functional groups attached to an aromatic ring is 1. The van der Waals surface area contributed by atoms with Gasteiger partial charge in [-0.1, -0.05) is 12.1 Å². The number of carbonyl (C=O) groups excluding carboxylic acids is 1. The van der Waals surface area contributed by atoms with Crippen molar-refractivity contribution in [3.63, 3.8) is 0 Å². The number of hydrogen-bond donors (Lipinski definition) is 2. The number of hydrogen-bond acceptors (Lipinski definition) is 3. The molecule has 1 aromatic rings. The highest BCUT2D eigenvalue weighted by Gasteiger charge is 2.51. The second kappa shape index (κ2) is 3.74. The van der Waals surface area contributed by atoms with Crippen molar-refractivity contribution in [1.82, 2.24) is 5.32 Å². The summed E-state index contributed by atoms with van der Waals surface area (Å²) < 4.78 is 5.06. The highest BCUT2D eigenvalue weighted by molar-refractivity contribution is 5.91. The van der Waals surface area contributed by atoms with Crippen LogP contribution in [0.5, 0.6) is 0 Å². The summed E-state index contributed by atoms with van der Waals surface area (Å²) in [5, 5.41) is 3.04. The van der Waals surface area contributed by atoms with Crippen LogP contribution in [0, 0.1) is 0 Å². The van der Waals surface area contributed by atoms with Crippen molar-refractivity contribution in [2.45, 2.75) is 24.3 Å². The first-order valence-corrected chi connectivity index (χ1v) is 5.95. The molecule has 2 fully saturated rings. The maximum atomic E-state index is 12.2. The van der Waals surface area contributed by atoms with E-state index < -0.39 is 0 Å². The number of amides is 1. The van der Waals surface area contributed by atoms with Crippen LogP contribution >= 0.6 is 0 Å². The molecular formula is C13H16N2O2. The van der Waals surface area contributed by atoms with E-state index in [0.717, 1.165) is 24.1 Å². The van der Waals surface area contributed by atoms with Crippen molar-refractivity contribution in [3.8, 4) is 0 Å². The highest BCUT2D eigenvalue weighted by atomic mass is 16.5. The van der Waals surface area contributed by atoms with Gasteiger partial charge in [0.15, 0.2) is 0 Å². The molecule has 4 heteroatoms. The molecule has 1 heterocycles. The lowest BCUT2D eigenvalue weighted by molar-refractivity contribution is -0.127. The van der Waals surface area contributed by atoms with Crippen molar-refractivity contribution < 1.29 is 9.53 Å². The van der Waals surface area contributed by atoms with Crippen molar-refractivity contribution >= 4 is 11.6 Å². The van der Waals surface area contributed by atoms with Crippen LogP contribution in [0.25, 0.3) is 0 Å². The zero-order chi connectivity index (χ0) is 11.9. The van der Waals surface area contributed by atoms with Gasteiger partial charge in [-0.05, 0) is 30.5 Å². The summed E-state index contributed by atoms with van der Waals surface area (Å²) in [6, 6.07) is 7.83. The van der Waals surface area contributed by atoms with E-state index in [1.165, 1.54) is 0 Å². The minimum Gasteiger partial charge on any atom is -0.399 e. The van der Waals surface area contributed by atoms with Crippen LogP contribution in [0.3, 0.4) is 0 Å². The number of anilines is 1. The van der Waals surface area contributed by atoms with Crippen LogP contribution in [0.4, 0.5) is 5.69 Å². The molecule has 0 radical (unpaired) electrons. The molecule has 0 unspecified atom stereocenters. The molecular weight excluding hydrogens is 216 g/mol. The molecule has 0 bridgehead atoms. The minimum atomic E-state index is -0.302. The fourth-order valence-electron chi connectivity index (χ4n) is 2.22. The van der Waals surface area contributed by atoms with E-state index in [4.69, 9.17) is 10.5 Å². The molecule has 3 N–H and O–H groups in total. The summed E-state index contributed by atoms with van der Waals surface area (Å²) in [7, 11) is 0. The van der Waals surface area contributed by atoms with E-state index in [-0.39, 0.29) is 17.4 Å². The number of nitrogens with one attached hydrogen (secondary N) is 1. The first kappa shape index (κ1) is 10.6. The molecule has 1 saturated carbocycles. The number of rotatable bonds is 3. The van der Waals surface area contributed by atoms with E-state index in [1.807, 2.05) is 24.3 Å². The standard InChI is InChI=1S/C13H16N2O2/c14-10-3-1-9(2-4-10)13(5-6-13)12(16)15-11-7-17-8-11/h1-4,11H,5-8,14H2,(H,15,16). The molecule has 1 aliphatic heterocycles. The summed E-state index contributed by atoms with van der Waals surface area (Å²) in [5.74, 6) is 0.135. The molecule has 90 valence electrons. The van der Waals surface area contributed by atoms with Gasteiger partial charge in [-0.3, -0.25) is 4.79 Å². The zero-order valence-corrected chi connectivity index (χ0v) is 9.61. The molecule has 1 amide bonds. The quantitative estimate of drug-likeness (QED) is 0.758. The SMILES string of the molecule is Nc1ccc(C2(C(=O)NC3COC3)CC2)cc1. The fraction of sp³-hybridized carbons (Fsp3) is 0.462. The third kappa shape index (κ3) is 1.78. The monoisotopic (exact) mass is 232 g/mol. The van der Waals surface area contributed by atoms with Crippen LogP contribution in [-0.4, -0.2) is 25.2 Å². The Morgan fingerprint density at radius 3 is 2.41 bits per heavy atom. The molecule has 0 spiro atoms. The second-order valence-electron chi connectivity index (χ2n) is 4.91. The van der Waals surface area contributed by atoms with E-state index in [9.17, 15) is 4.79 Å². The Balaban J connectivity index is 1.76. The predicted octanol–water partition coefficient (Wildman–Crippen LogP) is 0.815. The summed E-state index contributed by atoms with van der Waals surface area (Å²) >= 11 is 0. The summed E-state index contributed by atoms with van der Waals surface area (Å²) in [6.07, 6.45) is 1.85. The molecule has 0 aromatic heterocycles. The van der Waals surface area contributed by atoms with Crippen molar-refractivity contribution in [3.05, 3.63) is 29.8 Å². The van der Waals surface area contributed by atoms with Crippen LogP contribution in [-0.2, 0) is 14.9 Å². The zero-order valence-electron chi connectivity index (χ0n) is 9.61. The molecule has 1 saturated heterocycles. The van der Waals surface area contributed by atoms with E-state index in [0.29, 0.717) is 13.2 Å². The van der Waals surface area contributed by atoms with E-state index in [2.05, 4.69) is 5.32 Å².